The van der Waals surface area contributed by atoms with E-state index in [2.05, 4.69) is 123 Å². The van der Waals surface area contributed by atoms with Gasteiger partial charge in [0.05, 0.1) is 0 Å². The van der Waals surface area contributed by atoms with Crippen LogP contribution in [0.3, 0.4) is 0 Å². The topological polar surface area (TPSA) is 0 Å². The standard InChI is InChI=1S/C15H15.C12H11.Ti/c1-12-5-3-7-14(9-12)11-15-8-4-6-13(2)10-15;1-2-6-11(7-3-1)10-12-8-4-5-9-12;/h3-11H,1-2H3;1-9H,10H2;/q2*-1;+2. The summed E-state index contributed by atoms with van der Waals surface area (Å²) < 4.78 is 0. The van der Waals surface area contributed by atoms with Crippen LogP contribution in [-0.4, -0.2) is 0 Å². The first-order valence-corrected chi connectivity index (χ1v) is 9.42. The summed E-state index contributed by atoms with van der Waals surface area (Å²) in [6.45, 7) is 4.24. The van der Waals surface area contributed by atoms with E-state index in [1.54, 1.807) is 0 Å². The van der Waals surface area contributed by atoms with E-state index in [4.69, 9.17) is 0 Å². The molecule has 0 N–H and O–H groups in total. The van der Waals surface area contributed by atoms with E-state index in [1.807, 2.05) is 0 Å². The van der Waals surface area contributed by atoms with Crippen LogP contribution in [-0.2, 0) is 28.1 Å². The van der Waals surface area contributed by atoms with Gasteiger partial charge in [0.1, 0.15) is 0 Å². The normalized spacial score (nSPS) is 9.64. The quantitative estimate of drug-likeness (QED) is 0.259. The van der Waals surface area contributed by atoms with E-state index in [0.717, 1.165) is 6.42 Å². The van der Waals surface area contributed by atoms with E-state index in [1.165, 1.54) is 33.4 Å². The summed E-state index contributed by atoms with van der Waals surface area (Å²) in [5, 5.41) is 0. The largest absolute Gasteiger partial charge is 2.00 e. The Morgan fingerprint density at radius 2 is 1.18 bits per heavy atom. The van der Waals surface area contributed by atoms with Crippen molar-refractivity contribution in [3.05, 3.63) is 143 Å². The Morgan fingerprint density at radius 1 is 0.643 bits per heavy atom. The summed E-state index contributed by atoms with van der Waals surface area (Å²) in [6.07, 6.45) is 3.26. The van der Waals surface area contributed by atoms with Crippen molar-refractivity contribution in [3.8, 4) is 0 Å². The van der Waals surface area contributed by atoms with E-state index < -0.39 is 0 Å². The van der Waals surface area contributed by atoms with Gasteiger partial charge in [-0.25, -0.2) is 12.1 Å². The van der Waals surface area contributed by atoms with Crippen molar-refractivity contribution in [1.29, 1.82) is 0 Å². The molecule has 0 aliphatic heterocycles. The Hall–Kier alpha value is -2.41. The van der Waals surface area contributed by atoms with Crippen molar-refractivity contribution in [3.63, 3.8) is 0 Å². The maximum atomic E-state index is 2.21. The zero-order valence-electron chi connectivity index (χ0n) is 16.6. The van der Waals surface area contributed by atoms with Gasteiger partial charge in [0.25, 0.3) is 0 Å². The van der Waals surface area contributed by atoms with Gasteiger partial charge in [-0.1, -0.05) is 71.3 Å². The van der Waals surface area contributed by atoms with Gasteiger partial charge in [-0.05, 0) is 20.3 Å². The first-order chi connectivity index (χ1) is 13.2. The fraction of sp³-hybridized carbons (Fsp3) is 0.111. The molecule has 0 nitrogen and oxygen atoms in total. The molecule has 0 aromatic heterocycles. The Bertz CT molecular complexity index is 893. The van der Waals surface area contributed by atoms with Crippen LogP contribution in [0.4, 0.5) is 0 Å². The number of hydrogen-bond donors (Lipinski definition) is 0. The van der Waals surface area contributed by atoms with Gasteiger partial charge in [-0.15, -0.1) is 41.8 Å². The molecular weight excluding hydrogens is 372 g/mol. The van der Waals surface area contributed by atoms with Crippen LogP contribution in [0.25, 0.3) is 0 Å². The molecule has 0 radical (unpaired) electrons. The van der Waals surface area contributed by atoms with Gasteiger partial charge in [0, 0.05) is 0 Å². The molecule has 0 aliphatic carbocycles. The van der Waals surface area contributed by atoms with E-state index in [9.17, 15) is 0 Å². The summed E-state index contributed by atoms with van der Waals surface area (Å²) in [4.78, 5) is 0. The maximum Gasteiger partial charge on any atom is 2.00 e. The Labute approximate surface area is 184 Å². The molecule has 0 unspecified atom stereocenters. The number of aryl methyl sites for hydroxylation is 2. The van der Waals surface area contributed by atoms with Crippen LogP contribution in [0.15, 0.2) is 103 Å². The smallest absolute Gasteiger partial charge is 0.213 e. The Kier molecular flexibility index (Phi) is 8.94. The van der Waals surface area contributed by atoms with Crippen molar-refractivity contribution >= 4 is 0 Å². The molecule has 138 valence electrons. The Balaban J connectivity index is 0.000000198. The SMILES string of the molecule is Cc1cccc([CH-]c2cccc(C)c2)c1.[Ti+2].c1ccc(C[c-]2cccc2)cc1. The molecule has 1 heteroatoms. The van der Waals surface area contributed by atoms with Crippen molar-refractivity contribution in [2.75, 3.05) is 0 Å². The van der Waals surface area contributed by atoms with Crippen LogP contribution in [0, 0.1) is 20.3 Å². The summed E-state index contributed by atoms with van der Waals surface area (Å²) in [5.41, 5.74) is 7.90. The minimum atomic E-state index is 0. The summed E-state index contributed by atoms with van der Waals surface area (Å²) in [7, 11) is 0. The van der Waals surface area contributed by atoms with Gasteiger partial charge >= 0.3 is 21.7 Å². The number of hydrogen-bond acceptors (Lipinski definition) is 0. The summed E-state index contributed by atoms with van der Waals surface area (Å²) >= 11 is 0. The molecule has 0 aliphatic rings. The first-order valence-electron chi connectivity index (χ1n) is 9.42. The van der Waals surface area contributed by atoms with Crippen molar-refractivity contribution in [2.45, 2.75) is 20.3 Å². The minimum Gasteiger partial charge on any atom is -0.213 e. The average molecular weight is 398 g/mol. The molecular formula is C27H26Ti. The molecule has 4 aromatic carbocycles. The van der Waals surface area contributed by atoms with Gasteiger partial charge in [-0.2, -0.15) is 17.7 Å². The van der Waals surface area contributed by atoms with E-state index in [-0.39, 0.29) is 21.7 Å². The zero-order chi connectivity index (χ0) is 18.9. The molecule has 0 heterocycles. The van der Waals surface area contributed by atoms with Crippen LogP contribution in [0.2, 0.25) is 0 Å². The molecule has 4 rings (SSSR count). The molecule has 0 spiro atoms. The molecule has 4 aromatic rings. The number of benzene rings is 3. The molecule has 0 saturated carbocycles. The third kappa shape index (κ3) is 7.31. The zero-order valence-corrected chi connectivity index (χ0v) is 18.2. The minimum absolute atomic E-state index is 0. The number of rotatable bonds is 4. The third-order valence-electron chi connectivity index (χ3n) is 4.40. The van der Waals surface area contributed by atoms with Gasteiger partial charge < -0.3 is 0 Å². The first kappa shape index (κ1) is 21.9. The second kappa shape index (κ2) is 11.4. The average Bonchev–Trinajstić information content (AvgIpc) is 3.16. The van der Waals surface area contributed by atoms with Crippen molar-refractivity contribution in [1.82, 2.24) is 0 Å². The molecule has 0 amide bonds. The summed E-state index contributed by atoms with van der Waals surface area (Å²) in [5.74, 6) is 0. The van der Waals surface area contributed by atoms with Gasteiger partial charge in [0.15, 0.2) is 0 Å². The molecule has 0 atom stereocenters. The second-order valence-corrected chi connectivity index (χ2v) is 6.93. The summed E-state index contributed by atoms with van der Waals surface area (Å²) in [6, 6.07) is 36.1. The molecule has 28 heavy (non-hydrogen) atoms. The molecule has 0 fully saturated rings. The van der Waals surface area contributed by atoms with E-state index >= 15 is 0 Å². The second-order valence-electron chi connectivity index (χ2n) is 6.93. The predicted molar refractivity (Wildman–Crippen MR) is 116 cm³/mol. The van der Waals surface area contributed by atoms with Crippen LogP contribution >= 0.6 is 0 Å². The fourth-order valence-electron chi connectivity index (χ4n) is 3.08. The van der Waals surface area contributed by atoms with Gasteiger partial charge in [0.2, 0.25) is 0 Å². The fourth-order valence-corrected chi connectivity index (χ4v) is 3.08. The monoisotopic (exact) mass is 398 g/mol. The predicted octanol–water partition coefficient (Wildman–Crippen LogP) is 6.90. The maximum absolute atomic E-state index is 2.21. The van der Waals surface area contributed by atoms with E-state index in [0.29, 0.717) is 0 Å². The molecule has 0 saturated heterocycles. The Morgan fingerprint density at radius 3 is 1.68 bits per heavy atom. The van der Waals surface area contributed by atoms with Crippen LogP contribution < -0.4 is 0 Å². The van der Waals surface area contributed by atoms with Crippen molar-refractivity contribution < 1.29 is 21.7 Å². The third-order valence-corrected chi connectivity index (χ3v) is 4.40. The van der Waals surface area contributed by atoms with Crippen LogP contribution in [0.5, 0.6) is 0 Å². The van der Waals surface area contributed by atoms with Gasteiger partial charge in [-0.3, -0.25) is 0 Å². The molecule has 0 bridgehead atoms. The van der Waals surface area contributed by atoms with Crippen molar-refractivity contribution in [2.24, 2.45) is 0 Å². The van der Waals surface area contributed by atoms with Crippen LogP contribution in [0.1, 0.15) is 33.4 Å².